The van der Waals surface area contributed by atoms with E-state index < -0.39 is 0 Å². The third-order valence-corrected chi connectivity index (χ3v) is 5.24. The maximum atomic E-state index is 13.1. The summed E-state index contributed by atoms with van der Waals surface area (Å²) >= 11 is 0. The van der Waals surface area contributed by atoms with Gasteiger partial charge in [0.1, 0.15) is 29.3 Å². The summed E-state index contributed by atoms with van der Waals surface area (Å²) in [6, 6.07) is 3.41. The summed E-state index contributed by atoms with van der Waals surface area (Å²) in [5.74, 6) is 1.10. The highest BCUT2D eigenvalue weighted by atomic mass is 16.2. The second-order valence-corrected chi connectivity index (χ2v) is 7.45. The van der Waals surface area contributed by atoms with Gasteiger partial charge in [0.2, 0.25) is 0 Å². The van der Waals surface area contributed by atoms with Gasteiger partial charge in [-0.1, -0.05) is 6.08 Å². The second-order valence-electron chi connectivity index (χ2n) is 7.45. The predicted molar refractivity (Wildman–Crippen MR) is 108 cm³/mol. The number of nitrogens with one attached hydrogen (secondary N) is 2. The van der Waals surface area contributed by atoms with E-state index in [0.717, 1.165) is 32.1 Å². The number of fused-ring (bicyclic) bond motifs is 1. The molecular formula is C20H24N6O2. The van der Waals surface area contributed by atoms with E-state index in [2.05, 4.69) is 20.6 Å². The predicted octanol–water partition coefficient (Wildman–Crippen LogP) is 2.44. The summed E-state index contributed by atoms with van der Waals surface area (Å²) in [7, 11) is 0. The van der Waals surface area contributed by atoms with Gasteiger partial charge in [0.15, 0.2) is 0 Å². The first-order valence-electron chi connectivity index (χ1n) is 9.61. The van der Waals surface area contributed by atoms with Crippen molar-refractivity contribution in [3.63, 3.8) is 0 Å². The van der Waals surface area contributed by atoms with Crippen LogP contribution >= 0.6 is 0 Å². The molecule has 1 aliphatic heterocycles. The Kier molecular flexibility index (Phi) is 4.85. The lowest BCUT2D eigenvalue weighted by molar-refractivity contribution is 0.0921. The third kappa shape index (κ3) is 3.76. The van der Waals surface area contributed by atoms with E-state index in [1.807, 2.05) is 13.0 Å². The summed E-state index contributed by atoms with van der Waals surface area (Å²) in [6.07, 6.45) is 10.1. The van der Waals surface area contributed by atoms with E-state index in [-0.39, 0.29) is 17.5 Å². The lowest BCUT2D eigenvalue weighted by atomic mass is 10.0. The van der Waals surface area contributed by atoms with E-state index in [0.29, 0.717) is 34.5 Å². The highest BCUT2D eigenvalue weighted by Gasteiger charge is 2.33. The Labute approximate surface area is 162 Å². The van der Waals surface area contributed by atoms with Crippen molar-refractivity contribution >= 4 is 29.4 Å². The van der Waals surface area contributed by atoms with Gasteiger partial charge in [-0.25, -0.2) is 9.97 Å². The smallest absolute Gasteiger partial charge is 0.278 e. The second kappa shape index (κ2) is 7.46. The van der Waals surface area contributed by atoms with Crippen molar-refractivity contribution in [2.24, 2.45) is 5.92 Å². The zero-order valence-electron chi connectivity index (χ0n) is 15.8. The van der Waals surface area contributed by atoms with Crippen LogP contribution in [0.3, 0.4) is 0 Å². The van der Waals surface area contributed by atoms with Gasteiger partial charge >= 0.3 is 0 Å². The fourth-order valence-electron chi connectivity index (χ4n) is 3.66. The molecule has 0 aromatic carbocycles. The van der Waals surface area contributed by atoms with Crippen molar-refractivity contribution in [2.45, 2.75) is 45.1 Å². The summed E-state index contributed by atoms with van der Waals surface area (Å²) < 4.78 is 1.42. The van der Waals surface area contributed by atoms with Crippen molar-refractivity contribution in [1.29, 1.82) is 0 Å². The van der Waals surface area contributed by atoms with Gasteiger partial charge in [0.25, 0.3) is 11.5 Å². The van der Waals surface area contributed by atoms with E-state index in [9.17, 15) is 9.59 Å². The molecule has 8 nitrogen and oxygen atoms in total. The quantitative estimate of drug-likeness (QED) is 0.753. The van der Waals surface area contributed by atoms with Gasteiger partial charge in [-0.05, 0) is 56.6 Å². The molecule has 1 aliphatic carbocycles. The minimum atomic E-state index is -0.312. The molecule has 2 aromatic heterocycles. The SMILES string of the molecule is Cc1cc(Nc2cc(N)ncn2)c(=O)n2c1C(=O)NC(C1CC1)CCCC=C2. The first-order valence-corrected chi connectivity index (χ1v) is 9.61. The van der Waals surface area contributed by atoms with Crippen LogP contribution in [0.1, 0.15) is 48.2 Å². The molecule has 146 valence electrons. The number of hydrogen-bond donors (Lipinski definition) is 3. The van der Waals surface area contributed by atoms with Gasteiger partial charge in [0, 0.05) is 18.3 Å². The third-order valence-electron chi connectivity index (χ3n) is 5.24. The average Bonchev–Trinajstić information content (AvgIpc) is 3.49. The lowest BCUT2D eigenvalue weighted by Crippen LogP contribution is -2.40. The van der Waals surface area contributed by atoms with Gasteiger partial charge in [-0.2, -0.15) is 0 Å². The summed E-state index contributed by atoms with van der Waals surface area (Å²) in [6.45, 7) is 1.83. The number of nitrogens with zero attached hydrogens (tertiary/aromatic N) is 3. The van der Waals surface area contributed by atoms with Gasteiger partial charge in [0.05, 0.1) is 0 Å². The lowest BCUT2D eigenvalue weighted by Gasteiger charge is -2.22. The van der Waals surface area contributed by atoms with Crippen molar-refractivity contribution in [1.82, 2.24) is 19.9 Å². The number of aryl methyl sites for hydroxylation is 1. The van der Waals surface area contributed by atoms with Crippen molar-refractivity contribution in [3.8, 4) is 0 Å². The Morgan fingerprint density at radius 3 is 2.79 bits per heavy atom. The summed E-state index contributed by atoms with van der Waals surface area (Å²) in [5, 5.41) is 6.15. The highest BCUT2D eigenvalue weighted by Crippen LogP contribution is 2.35. The monoisotopic (exact) mass is 380 g/mol. The number of carbonyl (C=O) groups is 1. The number of pyridine rings is 1. The maximum Gasteiger partial charge on any atom is 0.278 e. The van der Waals surface area contributed by atoms with Gasteiger partial charge in [-0.3, -0.25) is 14.2 Å². The maximum absolute atomic E-state index is 13.1. The molecule has 1 atom stereocenters. The van der Waals surface area contributed by atoms with E-state index in [1.165, 1.54) is 10.9 Å². The van der Waals surface area contributed by atoms with Gasteiger partial charge in [-0.15, -0.1) is 0 Å². The van der Waals surface area contributed by atoms with Crippen LogP contribution in [-0.2, 0) is 0 Å². The molecule has 1 unspecified atom stereocenters. The Bertz CT molecular complexity index is 993. The van der Waals surface area contributed by atoms with Gasteiger partial charge < -0.3 is 16.4 Å². The molecule has 0 bridgehead atoms. The number of allylic oxidation sites excluding steroid dienone is 1. The standard InChI is InChI=1S/C20H24N6O2/c1-12-9-15(24-17-10-16(21)22-11-23-17)20(28)26-8-4-2-3-5-14(13-6-7-13)25-19(27)18(12)26/h4,8-11,13-14H,2-3,5-7H2,1H3,(H,25,27)(H3,21,22,23,24). The van der Waals surface area contributed by atoms with Crippen molar-refractivity contribution in [2.75, 3.05) is 11.1 Å². The number of hydrogen-bond acceptors (Lipinski definition) is 6. The minimum Gasteiger partial charge on any atom is -0.384 e. The summed E-state index contributed by atoms with van der Waals surface area (Å²) in [4.78, 5) is 34.0. The van der Waals surface area contributed by atoms with Crippen LogP contribution in [0.15, 0.2) is 29.3 Å². The highest BCUT2D eigenvalue weighted by molar-refractivity contribution is 5.95. The van der Waals surface area contributed by atoms with Crippen LogP contribution in [0.4, 0.5) is 17.3 Å². The molecule has 2 aliphatic rings. The average molecular weight is 380 g/mol. The number of anilines is 3. The Balaban J connectivity index is 1.74. The largest absolute Gasteiger partial charge is 0.384 e. The number of rotatable bonds is 3. The molecule has 4 rings (SSSR count). The molecule has 0 saturated heterocycles. The number of nitrogen functional groups attached to an aromatic ring is 1. The van der Waals surface area contributed by atoms with Crippen LogP contribution in [-0.4, -0.2) is 26.5 Å². The fraction of sp³-hybridized carbons (Fsp3) is 0.400. The van der Waals surface area contributed by atoms with Crippen LogP contribution in [0.25, 0.3) is 6.20 Å². The number of carbonyl (C=O) groups excluding carboxylic acids is 1. The Morgan fingerprint density at radius 1 is 1.21 bits per heavy atom. The molecule has 1 amide bonds. The number of aromatic nitrogens is 3. The van der Waals surface area contributed by atoms with Crippen LogP contribution in [0.2, 0.25) is 0 Å². The molecular weight excluding hydrogens is 356 g/mol. The molecule has 1 fully saturated rings. The minimum absolute atomic E-state index is 0.184. The first-order chi connectivity index (χ1) is 13.5. The van der Waals surface area contributed by atoms with Crippen LogP contribution in [0, 0.1) is 12.8 Å². The Hall–Kier alpha value is -3.16. The fourth-order valence-corrected chi connectivity index (χ4v) is 3.66. The molecule has 3 heterocycles. The van der Waals surface area contributed by atoms with E-state index in [1.54, 1.807) is 18.3 Å². The zero-order valence-corrected chi connectivity index (χ0v) is 15.8. The molecule has 2 aromatic rings. The first kappa shape index (κ1) is 18.2. The van der Waals surface area contributed by atoms with E-state index >= 15 is 0 Å². The van der Waals surface area contributed by atoms with Crippen LogP contribution in [0.5, 0.6) is 0 Å². The topological polar surface area (TPSA) is 115 Å². The van der Waals surface area contributed by atoms with Crippen molar-refractivity contribution < 1.29 is 4.79 Å². The normalized spacial score (nSPS) is 19.6. The van der Waals surface area contributed by atoms with E-state index in [4.69, 9.17) is 5.73 Å². The summed E-state index contributed by atoms with van der Waals surface area (Å²) in [5.41, 5.74) is 6.78. The molecule has 8 heteroatoms. The molecule has 28 heavy (non-hydrogen) atoms. The zero-order chi connectivity index (χ0) is 19.7. The number of nitrogens with two attached hydrogens (primary N) is 1. The number of amides is 1. The molecule has 0 spiro atoms. The molecule has 1 saturated carbocycles. The Morgan fingerprint density at radius 2 is 2.04 bits per heavy atom. The molecule has 4 N–H and O–H groups in total. The van der Waals surface area contributed by atoms with Crippen LogP contribution < -0.4 is 21.9 Å². The van der Waals surface area contributed by atoms with Crippen molar-refractivity contribution in [3.05, 3.63) is 46.1 Å². The molecule has 0 radical (unpaired) electrons.